The summed E-state index contributed by atoms with van der Waals surface area (Å²) in [5.74, 6) is 1.30. The third kappa shape index (κ3) is 3.57. The number of ether oxygens (including phenoxy) is 2. The summed E-state index contributed by atoms with van der Waals surface area (Å²) in [5.41, 5.74) is 0.876. The van der Waals surface area contributed by atoms with Gasteiger partial charge in [0.2, 0.25) is 18.6 Å². The molecule has 1 aromatic rings. The van der Waals surface area contributed by atoms with Gasteiger partial charge in [0.25, 0.3) is 0 Å². The molecule has 2 amide bonds. The molecule has 0 spiro atoms. The number of hydrogen-bond acceptors (Lipinski definition) is 4. The molecule has 1 unspecified atom stereocenters. The average molecular weight is 318 g/mol. The molecule has 2 aliphatic rings. The summed E-state index contributed by atoms with van der Waals surface area (Å²) in [6.07, 6.45) is 4.20. The lowest BCUT2D eigenvalue weighted by atomic mass is 9.97. The van der Waals surface area contributed by atoms with Gasteiger partial charge in [0.15, 0.2) is 11.5 Å². The fraction of sp³-hybridized carbons (Fsp3) is 0.529. The monoisotopic (exact) mass is 318 g/mol. The molecule has 1 saturated carbocycles. The lowest BCUT2D eigenvalue weighted by Crippen LogP contribution is -2.49. The normalized spacial score (nSPS) is 17.8. The molecule has 1 heterocycles. The molecule has 0 radical (unpaired) electrons. The zero-order valence-electron chi connectivity index (χ0n) is 13.3. The van der Waals surface area contributed by atoms with Crippen LogP contribution in [0.3, 0.4) is 0 Å². The Balaban J connectivity index is 1.65. The van der Waals surface area contributed by atoms with Crippen LogP contribution in [0.1, 0.15) is 38.2 Å². The molecule has 3 rings (SSSR count). The Morgan fingerprint density at radius 2 is 2.04 bits per heavy atom. The van der Waals surface area contributed by atoms with Crippen molar-refractivity contribution in [1.29, 1.82) is 0 Å². The molecule has 2 N–H and O–H groups in total. The zero-order valence-corrected chi connectivity index (χ0v) is 13.3. The van der Waals surface area contributed by atoms with Crippen LogP contribution in [-0.4, -0.2) is 24.6 Å². The van der Waals surface area contributed by atoms with Crippen LogP contribution >= 0.6 is 0 Å². The number of fused-ring (bicyclic) bond motifs is 1. The van der Waals surface area contributed by atoms with Gasteiger partial charge < -0.3 is 20.1 Å². The molecule has 1 atom stereocenters. The predicted molar refractivity (Wildman–Crippen MR) is 84.0 cm³/mol. The molecule has 1 fully saturated rings. The van der Waals surface area contributed by atoms with Crippen LogP contribution in [-0.2, 0) is 16.1 Å². The second kappa shape index (κ2) is 6.89. The highest BCUT2D eigenvalue weighted by atomic mass is 16.7. The largest absolute Gasteiger partial charge is 0.454 e. The quantitative estimate of drug-likeness (QED) is 0.867. The molecule has 23 heavy (non-hydrogen) atoms. The van der Waals surface area contributed by atoms with E-state index >= 15 is 0 Å². The number of amides is 2. The Labute approximate surface area is 135 Å². The minimum absolute atomic E-state index is 0.136. The Kier molecular flexibility index (Phi) is 4.69. The number of para-hydroxylation sites is 1. The van der Waals surface area contributed by atoms with E-state index in [1.54, 1.807) is 0 Å². The maximum atomic E-state index is 12.5. The standard InChI is InChI=1S/C17H22N2O4/c1-11(20)19-15(12-5-2-3-6-12)17(21)18-9-13-7-4-8-14-16(13)23-10-22-14/h4,7-8,12,15H,2-3,5-6,9-10H2,1H3,(H,18,21)(H,19,20). The molecule has 1 aliphatic carbocycles. The molecular weight excluding hydrogens is 296 g/mol. The van der Waals surface area contributed by atoms with Gasteiger partial charge in [0.1, 0.15) is 6.04 Å². The molecule has 0 bridgehead atoms. The first-order valence-electron chi connectivity index (χ1n) is 8.07. The second-order valence-corrected chi connectivity index (χ2v) is 6.09. The summed E-state index contributed by atoms with van der Waals surface area (Å²) < 4.78 is 10.8. The molecule has 0 aromatic heterocycles. The number of benzene rings is 1. The maximum absolute atomic E-state index is 12.5. The van der Waals surface area contributed by atoms with Crippen molar-refractivity contribution in [1.82, 2.24) is 10.6 Å². The minimum Gasteiger partial charge on any atom is -0.454 e. The Morgan fingerprint density at radius 3 is 2.78 bits per heavy atom. The molecule has 0 saturated heterocycles. The number of carbonyl (C=O) groups excluding carboxylic acids is 2. The highest BCUT2D eigenvalue weighted by molar-refractivity contribution is 5.87. The summed E-state index contributed by atoms with van der Waals surface area (Å²) in [6, 6.07) is 5.16. The van der Waals surface area contributed by atoms with Crippen molar-refractivity contribution in [3.63, 3.8) is 0 Å². The average Bonchev–Trinajstić information content (AvgIpc) is 3.20. The van der Waals surface area contributed by atoms with Crippen LogP contribution in [0.15, 0.2) is 18.2 Å². The number of hydrogen-bond donors (Lipinski definition) is 2. The van der Waals surface area contributed by atoms with Gasteiger partial charge in [-0.2, -0.15) is 0 Å². The summed E-state index contributed by atoms with van der Waals surface area (Å²) in [7, 11) is 0. The summed E-state index contributed by atoms with van der Waals surface area (Å²) in [5, 5.41) is 5.73. The maximum Gasteiger partial charge on any atom is 0.243 e. The number of carbonyl (C=O) groups is 2. The van der Waals surface area contributed by atoms with Crippen molar-refractivity contribution < 1.29 is 19.1 Å². The Bertz CT molecular complexity index is 596. The first-order valence-corrected chi connectivity index (χ1v) is 8.07. The summed E-state index contributed by atoms with van der Waals surface area (Å²) in [6.45, 7) is 2.01. The minimum atomic E-state index is -0.455. The van der Waals surface area contributed by atoms with Crippen LogP contribution in [0.25, 0.3) is 0 Å². The van der Waals surface area contributed by atoms with Crippen molar-refractivity contribution >= 4 is 11.8 Å². The molecule has 6 heteroatoms. The predicted octanol–water partition coefficient (Wildman–Crippen LogP) is 1.73. The van der Waals surface area contributed by atoms with E-state index < -0.39 is 6.04 Å². The number of nitrogens with one attached hydrogen (secondary N) is 2. The fourth-order valence-corrected chi connectivity index (χ4v) is 3.33. The van der Waals surface area contributed by atoms with Crippen LogP contribution in [0.5, 0.6) is 11.5 Å². The molecule has 124 valence electrons. The van der Waals surface area contributed by atoms with Gasteiger partial charge in [-0.1, -0.05) is 25.0 Å². The van der Waals surface area contributed by atoms with E-state index in [0.717, 1.165) is 31.2 Å². The van der Waals surface area contributed by atoms with E-state index in [1.165, 1.54) is 6.92 Å². The van der Waals surface area contributed by atoms with Gasteiger partial charge in [0, 0.05) is 19.0 Å². The summed E-state index contributed by atoms with van der Waals surface area (Å²) >= 11 is 0. The molecule has 6 nitrogen and oxygen atoms in total. The van der Waals surface area contributed by atoms with Crippen LogP contribution < -0.4 is 20.1 Å². The second-order valence-electron chi connectivity index (χ2n) is 6.09. The zero-order chi connectivity index (χ0) is 16.2. The van der Waals surface area contributed by atoms with Crippen molar-refractivity contribution in [2.75, 3.05) is 6.79 Å². The van der Waals surface area contributed by atoms with Crippen LogP contribution in [0, 0.1) is 5.92 Å². The van der Waals surface area contributed by atoms with Gasteiger partial charge in [-0.3, -0.25) is 9.59 Å². The van der Waals surface area contributed by atoms with Gasteiger partial charge in [0.05, 0.1) is 0 Å². The fourth-order valence-electron chi connectivity index (χ4n) is 3.33. The van der Waals surface area contributed by atoms with Crippen LogP contribution in [0.4, 0.5) is 0 Å². The van der Waals surface area contributed by atoms with E-state index in [9.17, 15) is 9.59 Å². The van der Waals surface area contributed by atoms with E-state index in [2.05, 4.69) is 10.6 Å². The number of rotatable bonds is 5. The van der Waals surface area contributed by atoms with E-state index in [-0.39, 0.29) is 24.5 Å². The first kappa shape index (κ1) is 15.6. The van der Waals surface area contributed by atoms with E-state index in [0.29, 0.717) is 18.0 Å². The topological polar surface area (TPSA) is 76.7 Å². The van der Waals surface area contributed by atoms with Crippen molar-refractivity contribution in [3.05, 3.63) is 23.8 Å². The lowest BCUT2D eigenvalue weighted by molar-refractivity contribution is -0.129. The molecule has 1 aliphatic heterocycles. The van der Waals surface area contributed by atoms with Gasteiger partial charge in [-0.05, 0) is 24.8 Å². The van der Waals surface area contributed by atoms with Gasteiger partial charge in [-0.15, -0.1) is 0 Å². The Morgan fingerprint density at radius 1 is 1.26 bits per heavy atom. The van der Waals surface area contributed by atoms with Gasteiger partial charge >= 0.3 is 0 Å². The van der Waals surface area contributed by atoms with E-state index in [4.69, 9.17) is 9.47 Å². The summed E-state index contributed by atoms with van der Waals surface area (Å²) in [4.78, 5) is 24.0. The SMILES string of the molecule is CC(=O)NC(C(=O)NCc1cccc2c1OCO2)C1CCCC1. The molecular formula is C17H22N2O4. The van der Waals surface area contributed by atoms with Crippen molar-refractivity contribution in [3.8, 4) is 11.5 Å². The van der Waals surface area contributed by atoms with Crippen molar-refractivity contribution in [2.45, 2.75) is 45.2 Å². The third-order valence-electron chi connectivity index (χ3n) is 4.44. The lowest BCUT2D eigenvalue weighted by Gasteiger charge is -2.23. The molecule has 1 aromatic carbocycles. The van der Waals surface area contributed by atoms with Crippen LogP contribution in [0.2, 0.25) is 0 Å². The van der Waals surface area contributed by atoms with Gasteiger partial charge in [-0.25, -0.2) is 0 Å². The Hall–Kier alpha value is -2.24. The third-order valence-corrected chi connectivity index (χ3v) is 4.44. The smallest absolute Gasteiger partial charge is 0.243 e. The van der Waals surface area contributed by atoms with E-state index in [1.807, 2.05) is 18.2 Å². The highest BCUT2D eigenvalue weighted by Crippen LogP contribution is 2.35. The van der Waals surface area contributed by atoms with Crippen molar-refractivity contribution in [2.24, 2.45) is 5.92 Å². The first-order chi connectivity index (χ1) is 11.1. The highest BCUT2D eigenvalue weighted by Gasteiger charge is 2.31.